The smallest absolute Gasteiger partial charge is 0.298 e. The summed E-state index contributed by atoms with van der Waals surface area (Å²) in [5.41, 5.74) is 0.636. The number of hydrogen-bond acceptors (Lipinski definition) is 3. The molecule has 0 unspecified atom stereocenters. The Labute approximate surface area is 147 Å². The van der Waals surface area contributed by atoms with Gasteiger partial charge in [-0.25, -0.2) is 0 Å². The lowest BCUT2D eigenvalue weighted by Crippen LogP contribution is -2.06. The maximum atomic E-state index is 11.6. The Bertz CT molecular complexity index is 567. The van der Waals surface area contributed by atoms with Crippen LogP contribution in [0, 0.1) is 0 Å². The Kier molecular flexibility index (Phi) is 10.0. The summed E-state index contributed by atoms with van der Waals surface area (Å²) in [6.07, 6.45) is 13.0. The van der Waals surface area contributed by atoms with Crippen LogP contribution >= 0.6 is 0 Å². The zero-order valence-corrected chi connectivity index (χ0v) is 15.9. The number of rotatable bonds is 13. The number of ether oxygens (including phenoxy) is 1. The van der Waals surface area contributed by atoms with Crippen LogP contribution in [0.15, 0.2) is 23.1 Å². The van der Waals surface area contributed by atoms with E-state index in [9.17, 15) is 13.0 Å². The molecule has 0 aromatic heterocycles. The van der Waals surface area contributed by atoms with Crippen LogP contribution in [-0.2, 0) is 16.5 Å². The minimum absolute atomic E-state index is 0.0802. The molecule has 0 saturated heterocycles. The molecular weight excluding hydrogens is 324 g/mol. The second-order valence-corrected chi connectivity index (χ2v) is 7.71. The first-order valence-corrected chi connectivity index (χ1v) is 10.6. The second-order valence-electron chi connectivity index (χ2n) is 6.36. The number of methoxy groups -OCH3 is 1. The molecule has 1 N–H and O–H groups in total. The van der Waals surface area contributed by atoms with Gasteiger partial charge in [-0.05, 0) is 24.5 Å². The fraction of sp³-hybridized carbons (Fsp3) is 0.684. The van der Waals surface area contributed by atoms with E-state index in [2.05, 4.69) is 6.92 Å². The van der Waals surface area contributed by atoms with Gasteiger partial charge in [-0.1, -0.05) is 76.8 Å². The molecule has 24 heavy (non-hydrogen) atoms. The Morgan fingerprint density at radius 1 is 0.917 bits per heavy atom. The highest BCUT2D eigenvalue weighted by molar-refractivity contribution is 7.86. The number of aryl methyl sites for hydroxylation is 1. The topological polar surface area (TPSA) is 63.6 Å². The summed E-state index contributed by atoms with van der Waals surface area (Å²) in [5.74, 6) is 0.210. The third-order valence-corrected chi connectivity index (χ3v) is 5.32. The van der Waals surface area contributed by atoms with Gasteiger partial charge in [-0.2, -0.15) is 8.42 Å². The normalized spacial score (nSPS) is 11.6. The summed E-state index contributed by atoms with van der Waals surface area (Å²) in [4.78, 5) is -0.0802. The molecular formula is C19H32O4S. The van der Waals surface area contributed by atoms with Crippen molar-refractivity contribution in [3.05, 3.63) is 23.8 Å². The Hall–Kier alpha value is -1.07. The van der Waals surface area contributed by atoms with Crippen LogP contribution < -0.4 is 4.74 Å². The number of unbranched alkanes of at least 4 members (excludes halogenated alkanes) is 9. The molecule has 0 aliphatic heterocycles. The number of hydrogen-bond donors (Lipinski definition) is 1. The van der Waals surface area contributed by atoms with Crippen molar-refractivity contribution in [2.75, 3.05) is 7.11 Å². The van der Waals surface area contributed by atoms with Crippen molar-refractivity contribution in [2.24, 2.45) is 0 Å². The van der Waals surface area contributed by atoms with Gasteiger partial charge in [0.05, 0.1) is 7.11 Å². The van der Waals surface area contributed by atoms with Gasteiger partial charge in [-0.15, -0.1) is 0 Å². The molecule has 1 aromatic rings. The van der Waals surface area contributed by atoms with Crippen molar-refractivity contribution in [2.45, 2.75) is 82.4 Å². The third-order valence-electron chi connectivity index (χ3n) is 4.34. The molecule has 1 rings (SSSR count). The summed E-state index contributed by atoms with van der Waals surface area (Å²) in [5, 5.41) is 0. The lowest BCUT2D eigenvalue weighted by molar-refractivity contribution is 0.396. The first kappa shape index (κ1) is 21.0. The largest absolute Gasteiger partial charge is 0.495 e. The van der Waals surface area contributed by atoms with Crippen LogP contribution in [0.2, 0.25) is 0 Å². The van der Waals surface area contributed by atoms with E-state index in [0.717, 1.165) is 12.8 Å². The summed E-state index contributed by atoms with van der Waals surface area (Å²) in [7, 11) is -2.85. The lowest BCUT2D eigenvalue weighted by atomic mass is 10.0. The third kappa shape index (κ3) is 7.67. The summed E-state index contributed by atoms with van der Waals surface area (Å²) in [6.45, 7) is 2.23. The average molecular weight is 357 g/mol. The first-order valence-electron chi connectivity index (χ1n) is 9.14. The minimum Gasteiger partial charge on any atom is -0.495 e. The average Bonchev–Trinajstić information content (AvgIpc) is 2.55. The number of benzene rings is 1. The van der Waals surface area contributed by atoms with Gasteiger partial charge in [-0.3, -0.25) is 4.55 Å². The van der Waals surface area contributed by atoms with E-state index < -0.39 is 10.1 Å². The molecule has 138 valence electrons. The molecule has 0 amide bonds. The second kappa shape index (κ2) is 11.5. The Balaban J connectivity index is 2.33. The molecule has 0 aliphatic rings. The fourth-order valence-electron chi connectivity index (χ4n) is 3.01. The van der Waals surface area contributed by atoms with Crippen molar-refractivity contribution in [1.29, 1.82) is 0 Å². The molecule has 0 saturated carbocycles. The Morgan fingerprint density at radius 3 is 1.96 bits per heavy atom. The predicted molar refractivity (Wildman–Crippen MR) is 98.4 cm³/mol. The molecule has 0 fully saturated rings. The lowest BCUT2D eigenvalue weighted by Gasteiger charge is -2.11. The zero-order chi connectivity index (χ0) is 17.8. The standard InChI is InChI=1S/C19H32O4S/c1-3-4-5-6-7-8-9-10-11-12-14-17-15-13-16-18(23-2)19(17)24(20,21)22/h13,15-16H,3-12,14H2,1-2H3,(H,20,21,22). The van der Waals surface area contributed by atoms with Crippen LogP contribution in [0.25, 0.3) is 0 Å². The van der Waals surface area contributed by atoms with E-state index in [1.165, 1.54) is 58.5 Å². The SMILES string of the molecule is CCCCCCCCCCCCc1cccc(OC)c1S(=O)(=O)O. The maximum Gasteiger partial charge on any atom is 0.298 e. The van der Waals surface area contributed by atoms with Crippen molar-refractivity contribution in [1.82, 2.24) is 0 Å². The van der Waals surface area contributed by atoms with Crippen LogP contribution in [0.1, 0.15) is 76.7 Å². The van der Waals surface area contributed by atoms with Gasteiger partial charge in [0.1, 0.15) is 10.6 Å². The highest BCUT2D eigenvalue weighted by Gasteiger charge is 2.20. The van der Waals surface area contributed by atoms with Crippen LogP contribution in [-0.4, -0.2) is 20.1 Å². The molecule has 0 aliphatic carbocycles. The monoisotopic (exact) mass is 356 g/mol. The van der Waals surface area contributed by atoms with E-state index in [4.69, 9.17) is 4.74 Å². The van der Waals surface area contributed by atoms with Gasteiger partial charge >= 0.3 is 0 Å². The van der Waals surface area contributed by atoms with Gasteiger partial charge in [0.15, 0.2) is 0 Å². The predicted octanol–water partition coefficient (Wildman–Crippen LogP) is 5.41. The van der Waals surface area contributed by atoms with Crippen molar-refractivity contribution >= 4 is 10.1 Å². The highest BCUT2D eigenvalue weighted by Crippen LogP contribution is 2.28. The van der Waals surface area contributed by atoms with E-state index >= 15 is 0 Å². The minimum atomic E-state index is -4.26. The van der Waals surface area contributed by atoms with Crippen LogP contribution in [0.4, 0.5) is 0 Å². The van der Waals surface area contributed by atoms with Crippen molar-refractivity contribution < 1.29 is 17.7 Å². The summed E-state index contributed by atoms with van der Waals surface area (Å²) < 4.78 is 37.7. The molecule has 1 aromatic carbocycles. The molecule has 0 bridgehead atoms. The van der Waals surface area contributed by atoms with E-state index in [1.807, 2.05) is 0 Å². The quantitative estimate of drug-likeness (QED) is 0.379. The van der Waals surface area contributed by atoms with E-state index in [1.54, 1.807) is 18.2 Å². The Morgan fingerprint density at radius 2 is 1.46 bits per heavy atom. The van der Waals surface area contributed by atoms with Gasteiger partial charge in [0.25, 0.3) is 10.1 Å². The summed E-state index contributed by atoms with van der Waals surface area (Å²) >= 11 is 0. The molecule has 4 nitrogen and oxygen atoms in total. The highest BCUT2D eigenvalue weighted by atomic mass is 32.2. The fourth-order valence-corrected chi connectivity index (χ4v) is 3.92. The van der Waals surface area contributed by atoms with Gasteiger partial charge < -0.3 is 4.74 Å². The maximum absolute atomic E-state index is 11.6. The first-order chi connectivity index (χ1) is 11.5. The molecule has 0 heterocycles. The van der Waals surface area contributed by atoms with Crippen LogP contribution in [0.5, 0.6) is 5.75 Å². The van der Waals surface area contributed by atoms with Crippen molar-refractivity contribution in [3.63, 3.8) is 0 Å². The molecule has 5 heteroatoms. The van der Waals surface area contributed by atoms with Gasteiger partial charge in [0.2, 0.25) is 0 Å². The molecule has 0 spiro atoms. The van der Waals surface area contributed by atoms with E-state index in [0.29, 0.717) is 12.0 Å². The van der Waals surface area contributed by atoms with Gasteiger partial charge in [0, 0.05) is 0 Å². The summed E-state index contributed by atoms with van der Waals surface area (Å²) in [6, 6.07) is 5.07. The van der Waals surface area contributed by atoms with Crippen LogP contribution in [0.3, 0.4) is 0 Å². The molecule has 0 atom stereocenters. The zero-order valence-electron chi connectivity index (χ0n) is 15.1. The van der Waals surface area contributed by atoms with Crippen molar-refractivity contribution in [3.8, 4) is 5.75 Å². The van der Waals surface area contributed by atoms with E-state index in [-0.39, 0.29) is 10.6 Å². The molecule has 0 radical (unpaired) electrons.